The molecule has 3 aromatic rings. The normalized spacial score (nSPS) is 34.6. The van der Waals surface area contributed by atoms with E-state index in [1.165, 1.54) is 54.5 Å². The van der Waals surface area contributed by atoms with Gasteiger partial charge in [-0.15, -0.1) is 10.2 Å². The monoisotopic (exact) mass is 355 g/mol. The second-order valence-electron chi connectivity index (χ2n) is 8.38. The Hall–Kier alpha value is -1.07. The molecule has 0 radical (unpaired) electrons. The van der Waals surface area contributed by atoms with E-state index < -0.39 is 0 Å². The molecule has 2 aromatic heterocycles. The molecule has 4 bridgehead atoms. The number of hydrogen-bond donors (Lipinski definition) is 0. The van der Waals surface area contributed by atoms with Crippen molar-refractivity contribution in [1.82, 2.24) is 14.6 Å². The van der Waals surface area contributed by atoms with E-state index in [9.17, 15) is 0 Å². The van der Waals surface area contributed by atoms with Crippen LogP contribution in [0.1, 0.15) is 38.5 Å². The van der Waals surface area contributed by atoms with Gasteiger partial charge < -0.3 is 0 Å². The van der Waals surface area contributed by atoms with Gasteiger partial charge in [-0.1, -0.05) is 35.2 Å². The van der Waals surface area contributed by atoms with Crippen LogP contribution in [0.3, 0.4) is 0 Å². The molecule has 0 saturated heterocycles. The van der Waals surface area contributed by atoms with Crippen molar-refractivity contribution in [3.05, 3.63) is 24.3 Å². The van der Waals surface area contributed by atoms with E-state index in [4.69, 9.17) is 0 Å². The second kappa shape index (κ2) is 4.98. The average Bonchev–Trinajstić information content (AvgIpc) is 3.11. The molecule has 0 amide bonds. The van der Waals surface area contributed by atoms with Crippen molar-refractivity contribution in [2.24, 2.45) is 23.2 Å². The summed E-state index contributed by atoms with van der Waals surface area (Å²) in [6.07, 6.45) is 8.98. The predicted molar refractivity (Wildman–Crippen MR) is 99.7 cm³/mol. The van der Waals surface area contributed by atoms with Crippen molar-refractivity contribution in [3.63, 3.8) is 0 Å². The van der Waals surface area contributed by atoms with Gasteiger partial charge in [-0.05, 0) is 73.8 Å². The summed E-state index contributed by atoms with van der Waals surface area (Å²) >= 11 is 3.70. The first-order valence-electron chi connectivity index (χ1n) is 9.13. The van der Waals surface area contributed by atoms with Gasteiger partial charge >= 0.3 is 0 Å². The van der Waals surface area contributed by atoms with Crippen LogP contribution < -0.4 is 0 Å². The fourth-order valence-corrected chi connectivity index (χ4v) is 8.36. The van der Waals surface area contributed by atoms with Crippen LogP contribution >= 0.6 is 23.1 Å². The fourth-order valence-electron chi connectivity index (χ4n) is 6.13. The van der Waals surface area contributed by atoms with Gasteiger partial charge in [0.15, 0.2) is 5.16 Å². The number of thioether (sulfide) groups is 1. The predicted octanol–water partition coefficient (Wildman–Crippen LogP) is 5.25. The van der Waals surface area contributed by atoms with E-state index in [1.54, 1.807) is 11.3 Å². The molecule has 5 heteroatoms. The van der Waals surface area contributed by atoms with Gasteiger partial charge in [0.2, 0.25) is 4.96 Å². The third-order valence-corrected chi connectivity index (χ3v) is 8.87. The molecule has 3 nitrogen and oxygen atoms in total. The maximum absolute atomic E-state index is 4.51. The lowest BCUT2D eigenvalue weighted by Gasteiger charge is -2.56. The second-order valence-corrected chi connectivity index (χ2v) is 10.3. The van der Waals surface area contributed by atoms with Gasteiger partial charge in [0.25, 0.3) is 0 Å². The molecule has 124 valence electrons. The number of benzene rings is 1. The van der Waals surface area contributed by atoms with E-state index in [2.05, 4.69) is 38.9 Å². The van der Waals surface area contributed by atoms with Crippen LogP contribution in [0.25, 0.3) is 15.2 Å². The van der Waals surface area contributed by atoms with Crippen LogP contribution in [-0.4, -0.2) is 20.4 Å². The third-order valence-electron chi connectivity index (χ3n) is 6.58. The highest BCUT2D eigenvalue weighted by molar-refractivity contribution is 7.99. The summed E-state index contributed by atoms with van der Waals surface area (Å²) in [4.78, 5) is 1.03. The molecular weight excluding hydrogens is 334 g/mol. The molecule has 4 aliphatic carbocycles. The molecule has 0 aliphatic heterocycles. The lowest BCUT2D eigenvalue weighted by molar-refractivity contribution is -0.0381. The van der Waals surface area contributed by atoms with Crippen molar-refractivity contribution in [2.75, 3.05) is 5.75 Å². The van der Waals surface area contributed by atoms with Gasteiger partial charge in [-0.2, -0.15) is 0 Å². The molecule has 7 rings (SSSR count). The Labute approximate surface area is 149 Å². The maximum Gasteiger partial charge on any atom is 0.217 e. The van der Waals surface area contributed by atoms with E-state index in [0.29, 0.717) is 5.41 Å². The van der Waals surface area contributed by atoms with Gasteiger partial charge in [0, 0.05) is 5.75 Å². The van der Waals surface area contributed by atoms with Crippen molar-refractivity contribution in [1.29, 1.82) is 0 Å². The SMILES string of the molecule is c1ccc2c(c1)sc1nnc(SCC34CC5CC(CC(C5)C3)C4)n12. The number of hydrogen-bond acceptors (Lipinski definition) is 4. The summed E-state index contributed by atoms with van der Waals surface area (Å²) < 4.78 is 3.57. The van der Waals surface area contributed by atoms with E-state index in [1.807, 2.05) is 11.8 Å². The Morgan fingerprint density at radius 1 is 1.04 bits per heavy atom. The van der Waals surface area contributed by atoms with Crippen molar-refractivity contribution in [3.8, 4) is 0 Å². The number of rotatable bonds is 3. The van der Waals surface area contributed by atoms with E-state index in [0.717, 1.165) is 27.9 Å². The Balaban J connectivity index is 1.33. The summed E-state index contributed by atoms with van der Waals surface area (Å²) in [6.45, 7) is 0. The zero-order valence-electron chi connectivity index (χ0n) is 13.6. The molecule has 24 heavy (non-hydrogen) atoms. The van der Waals surface area contributed by atoms with Crippen LogP contribution in [0.5, 0.6) is 0 Å². The highest BCUT2D eigenvalue weighted by Crippen LogP contribution is 2.61. The topological polar surface area (TPSA) is 30.2 Å². The minimum Gasteiger partial charge on any atom is -0.260 e. The molecule has 4 fully saturated rings. The van der Waals surface area contributed by atoms with Crippen LogP contribution in [0.2, 0.25) is 0 Å². The van der Waals surface area contributed by atoms with Crippen LogP contribution in [0.4, 0.5) is 0 Å². The molecular formula is C19H21N3S2. The van der Waals surface area contributed by atoms with Crippen molar-refractivity contribution >= 4 is 38.3 Å². The zero-order chi connectivity index (χ0) is 15.7. The number of thiazole rings is 1. The Morgan fingerprint density at radius 3 is 2.50 bits per heavy atom. The number of fused-ring (bicyclic) bond motifs is 3. The van der Waals surface area contributed by atoms with Crippen LogP contribution in [0.15, 0.2) is 29.4 Å². The minimum absolute atomic E-state index is 0.594. The summed E-state index contributed by atoms with van der Waals surface area (Å²) in [5.41, 5.74) is 1.85. The largest absolute Gasteiger partial charge is 0.260 e. The number of aromatic nitrogens is 3. The molecule has 0 N–H and O–H groups in total. The van der Waals surface area contributed by atoms with E-state index in [-0.39, 0.29) is 0 Å². The molecule has 1 aromatic carbocycles. The van der Waals surface area contributed by atoms with Gasteiger partial charge in [0.05, 0.1) is 10.2 Å². The standard InChI is InChI=1S/C19H21N3S2/c1-2-4-16-15(3-1)22-17(20-21-18(22)24-16)23-11-19-8-12-5-13(9-19)7-14(6-12)10-19/h1-4,12-14H,5-11H2. The minimum atomic E-state index is 0.594. The first-order valence-corrected chi connectivity index (χ1v) is 10.9. The van der Waals surface area contributed by atoms with Crippen LogP contribution in [0, 0.1) is 23.2 Å². The van der Waals surface area contributed by atoms with Crippen molar-refractivity contribution < 1.29 is 0 Å². The molecule has 4 saturated carbocycles. The molecule has 0 spiro atoms. The third kappa shape index (κ3) is 2.03. The quantitative estimate of drug-likeness (QED) is 0.601. The first kappa shape index (κ1) is 14.1. The zero-order valence-corrected chi connectivity index (χ0v) is 15.3. The summed E-state index contributed by atoms with van der Waals surface area (Å²) in [5.74, 6) is 4.31. The lowest BCUT2D eigenvalue weighted by atomic mass is 9.50. The highest BCUT2D eigenvalue weighted by Gasteiger charge is 2.50. The van der Waals surface area contributed by atoms with E-state index >= 15 is 0 Å². The van der Waals surface area contributed by atoms with Gasteiger partial charge in [-0.25, -0.2) is 0 Å². The number of nitrogens with zero attached hydrogens (tertiary/aromatic N) is 3. The van der Waals surface area contributed by atoms with Gasteiger partial charge in [0.1, 0.15) is 0 Å². The smallest absolute Gasteiger partial charge is 0.217 e. The summed E-state index contributed by atoms with van der Waals surface area (Å²) in [5, 5.41) is 10.0. The molecule has 4 aliphatic rings. The van der Waals surface area contributed by atoms with Crippen molar-refractivity contribution in [2.45, 2.75) is 43.7 Å². The Bertz CT molecular complexity index is 890. The Morgan fingerprint density at radius 2 is 1.75 bits per heavy atom. The van der Waals surface area contributed by atoms with Crippen LogP contribution in [-0.2, 0) is 0 Å². The van der Waals surface area contributed by atoms with Gasteiger partial charge in [-0.3, -0.25) is 4.40 Å². The maximum atomic E-state index is 4.51. The number of para-hydroxylation sites is 1. The Kier molecular flexibility index (Phi) is 2.93. The highest BCUT2D eigenvalue weighted by atomic mass is 32.2. The fraction of sp³-hybridized carbons (Fsp3) is 0.579. The lowest BCUT2D eigenvalue weighted by Crippen LogP contribution is -2.47. The molecule has 2 heterocycles. The summed E-state index contributed by atoms with van der Waals surface area (Å²) in [6, 6.07) is 8.59. The molecule has 0 atom stereocenters. The first-order chi connectivity index (χ1) is 11.8. The molecule has 0 unspecified atom stereocenters. The average molecular weight is 356 g/mol. The summed E-state index contributed by atoms with van der Waals surface area (Å²) in [7, 11) is 0.